The van der Waals surface area contributed by atoms with Gasteiger partial charge in [0, 0.05) is 44.4 Å². The molecule has 4 heterocycles. The highest BCUT2D eigenvalue weighted by atomic mass is 16.3. The molecule has 6 aromatic carbocycles. The van der Waals surface area contributed by atoms with Crippen molar-refractivity contribution in [3.05, 3.63) is 146 Å². The summed E-state index contributed by atoms with van der Waals surface area (Å²) in [6.07, 6.45) is 1.87. The number of aromatic nitrogens is 4. The van der Waals surface area contributed by atoms with Crippen LogP contribution < -0.4 is 0 Å². The SMILES string of the molecule is c1ccc(-c2nc(-c3cccc4c3oc3ccccc34)nc(-c3cnc(-c4ccccc4)c4oc5cc6ccccc6cc5c34)n2)cc1. The molecule has 6 heteroatoms. The van der Waals surface area contributed by atoms with E-state index in [0.717, 1.165) is 77.0 Å². The van der Waals surface area contributed by atoms with Gasteiger partial charge in [-0.3, -0.25) is 4.98 Å². The molecule has 0 saturated heterocycles. The Bertz CT molecular complexity index is 2840. The molecule has 4 aromatic heterocycles. The van der Waals surface area contributed by atoms with Gasteiger partial charge in [-0.2, -0.15) is 0 Å². The predicted octanol–water partition coefficient (Wildman–Crippen LogP) is 10.9. The van der Waals surface area contributed by atoms with Crippen molar-refractivity contribution in [3.63, 3.8) is 0 Å². The molecule has 48 heavy (non-hydrogen) atoms. The average molecular weight is 617 g/mol. The molecule has 0 aliphatic rings. The molecule has 0 bridgehead atoms. The van der Waals surface area contributed by atoms with E-state index >= 15 is 0 Å². The number of hydrogen-bond donors (Lipinski definition) is 0. The lowest BCUT2D eigenvalue weighted by molar-refractivity contribution is 0.668. The Balaban J connectivity index is 1.29. The largest absolute Gasteiger partial charge is 0.455 e. The van der Waals surface area contributed by atoms with E-state index in [0.29, 0.717) is 23.1 Å². The summed E-state index contributed by atoms with van der Waals surface area (Å²) in [7, 11) is 0. The zero-order valence-electron chi connectivity index (χ0n) is 25.5. The van der Waals surface area contributed by atoms with Crippen LogP contribution in [0, 0.1) is 0 Å². The zero-order valence-corrected chi connectivity index (χ0v) is 25.5. The van der Waals surface area contributed by atoms with Crippen molar-refractivity contribution in [2.24, 2.45) is 0 Å². The summed E-state index contributed by atoms with van der Waals surface area (Å²) < 4.78 is 13.1. The lowest BCUT2D eigenvalue weighted by Crippen LogP contribution is -2.01. The molecule has 0 amide bonds. The van der Waals surface area contributed by atoms with Crippen LogP contribution in [0.1, 0.15) is 0 Å². The number of hydrogen-bond acceptors (Lipinski definition) is 6. The molecule has 0 unspecified atom stereocenters. The molecule has 0 fully saturated rings. The summed E-state index contributed by atoms with van der Waals surface area (Å²) in [4.78, 5) is 20.3. The first-order chi connectivity index (χ1) is 23.8. The highest BCUT2D eigenvalue weighted by molar-refractivity contribution is 6.17. The van der Waals surface area contributed by atoms with Crippen molar-refractivity contribution >= 4 is 54.6 Å². The Hall–Kier alpha value is -6.66. The minimum Gasteiger partial charge on any atom is -0.455 e. The van der Waals surface area contributed by atoms with Crippen molar-refractivity contribution in [3.8, 4) is 45.4 Å². The van der Waals surface area contributed by atoms with Crippen molar-refractivity contribution in [2.45, 2.75) is 0 Å². The van der Waals surface area contributed by atoms with E-state index in [2.05, 4.69) is 42.5 Å². The molecule has 10 rings (SSSR count). The summed E-state index contributed by atoms with van der Waals surface area (Å²) in [5.74, 6) is 1.57. The molecule has 0 saturated carbocycles. The van der Waals surface area contributed by atoms with E-state index in [1.54, 1.807) is 0 Å². The number of benzene rings is 6. The van der Waals surface area contributed by atoms with Crippen molar-refractivity contribution < 1.29 is 8.83 Å². The number of para-hydroxylation sites is 2. The van der Waals surface area contributed by atoms with Gasteiger partial charge in [0.1, 0.15) is 22.4 Å². The third kappa shape index (κ3) is 4.13. The number of pyridine rings is 1. The highest BCUT2D eigenvalue weighted by Gasteiger charge is 2.23. The van der Waals surface area contributed by atoms with Crippen molar-refractivity contribution in [1.29, 1.82) is 0 Å². The van der Waals surface area contributed by atoms with Crippen LogP contribution in [-0.4, -0.2) is 19.9 Å². The van der Waals surface area contributed by atoms with Gasteiger partial charge in [0.25, 0.3) is 0 Å². The molecule has 0 aliphatic heterocycles. The normalized spacial score (nSPS) is 11.8. The van der Waals surface area contributed by atoms with E-state index in [4.69, 9.17) is 28.8 Å². The summed E-state index contributed by atoms with van der Waals surface area (Å²) in [5.41, 5.74) is 7.18. The topological polar surface area (TPSA) is 77.8 Å². The Morgan fingerprint density at radius 2 is 1.04 bits per heavy atom. The van der Waals surface area contributed by atoms with E-state index < -0.39 is 0 Å². The number of fused-ring (bicyclic) bond motifs is 7. The van der Waals surface area contributed by atoms with Gasteiger partial charge in [-0.1, -0.05) is 115 Å². The van der Waals surface area contributed by atoms with Gasteiger partial charge in [-0.15, -0.1) is 0 Å². The van der Waals surface area contributed by atoms with Crippen LogP contribution in [0.5, 0.6) is 0 Å². The Morgan fingerprint density at radius 3 is 1.85 bits per heavy atom. The predicted molar refractivity (Wildman–Crippen MR) is 191 cm³/mol. The summed E-state index contributed by atoms with van der Waals surface area (Å²) in [5, 5.41) is 6.16. The number of rotatable bonds is 4. The van der Waals surface area contributed by atoms with Crippen molar-refractivity contribution in [1.82, 2.24) is 19.9 Å². The summed E-state index contributed by atoms with van der Waals surface area (Å²) in [6.45, 7) is 0. The van der Waals surface area contributed by atoms with Gasteiger partial charge in [0.2, 0.25) is 0 Å². The molecule has 224 valence electrons. The molecule has 0 spiro atoms. The summed E-state index contributed by atoms with van der Waals surface area (Å²) >= 11 is 0. The van der Waals surface area contributed by atoms with Crippen LogP contribution in [0.4, 0.5) is 0 Å². The quantitative estimate of drug-likeness (QED) is 0.196. The third-order valence-corrected chi connectivity index (χ3v) is 8.96. The first-order valence-electron chi connectivity index (χ1n) is 15.8. The van der Waals surface area contributed by atoms with Gasteiger partial charge in [0.05, 0.1) is 5.56 Å². The fraction of sp³-hybridized carbons (Fsp3) is 0. The number of furan rings is 2. The minimum atomic E-state index is 0.500. The second-order valence-corrected chi connectivity index (χ2v) is 11.8. The second kappa shape index (κ2) is 10.4. The average Bonchev–Trinajstić information content (AvgIpc) is 3.72. The lowest BCUT2D eigenvalue weighted by Gasteiger charge is -2.10. The fourth-order valence-electron chi connectivity index (χ4n) is 6.70. The van der Waals surface area contributed by atoms with Crippen LogP contribution in [0.2, 0.25) is 0 Å². The molecule has 10 aromatic rings. The van der Waals surface area contributed by atoms with Gasteiger partial charge in [-0.25, -0.2) is 15.0 Å². The molecule has 0 radical (unpaired) electrons. The lowest BCUT2D eigenvalue weighted by atomic mass is 10.0. The highest BCUT2D eigenvalue weighted by Crippen LogP contribution is 2.42. The Labute approximate surface area is 274 Å². The van der Waals surface area contributed by atoms with Crippen LogP contribution >= 0.6 is 0 Å². The van der Waals surface area contributed by atoms with Gasteiger partial charge in [-0.05, 0) is 35.0 Å². The van der Waals surface area contributed by atoms with Crippen LogP contribution in [-0.2, 0) is 0 Å². The molecule has 0 aliphatic carbocycles. The van der Waals surface area contributed by atoms with Gasteiger partial charge in [0.15, 0.2) is 23.1 Å². The van der Waals surface area contributed by atoms with Crippen LogP contribution in [0.25, 0.3) is 100 Å². The van der Waals surface area contributed by atoms with Gasteiger partial charge < -0.3 is 8.83 Å². The molecule has 0 atom stereocenters. The second-order valence-electron chi connectivity index (χ2n) is 11.8. The Morgan fingerprint density at radius 1 is 0.417 bits per heavy atom. The molecule has 6 nitrogen and oxygen atoms in total. The first-order valence-corrected chi connectivity index (χ1v) is 15.8. The van der Waals surface area contributed by atoms with Crippen LogP contribution in [0.3, 0.4) is 0 Å². The standard InChI is InChI=1S/C42H24N4O2/c1-3-12-25(13-4-1)37-39-36(32-22-27-16-7-8-17-28(27)23-35(32)48-39)33(24-43-37)42-45-40(26-14-5-2-6-15-26)44-41(46-42)31-20-11-19-30-29-18-9-10-21-34(29)47-38(30)31/h1-24H. The van der Waals surface area contributed by atoms with Gasteiger partial charge >= 0.3 is 0 Å². The number of nitrogens with zero attached hydrogens (tertiary/aromatic N) is 4. The molecular formula is C42H24N4O2. The van der Waals surface area contributed by atoms with E-state index in [-0.39, 0.29) is 0 Å². The smallest absolute Gasteiger partial charge is 0.167 e. The molecular weight excluding hydrogens is 592 g/mol. The third-order valence-electron chi connectivity index (χ3n) is 8.96. The Kier molecular flexibility index (Phi) is 5.77. The maximum absolute atomic E-state index is 6.68. The van der Waals surface area contributed by atoms with E-state index in [1.165, 1.54) is 0 Å². The van der Waals surface area contributed by atoms with E-state index in [9.17, 15) is 0 Å². The van der Waals surface area contributed by atoms with Crippen molar-refractivity contribution in [2.75, 3.05) is 0 Å². The van der Waals surface area contributed by atoms with E-state index in [1.807, 2.05) is 103 Å². The van der Waals surface area contributed by atoms with Crippen LogP contribution in [0.15, 0.2) is 155 Å². The maximum atomic E-state index is 6.68. The first kappa shape index (κ1) is 26.5. The fourth-order valence-corrected chi connectivity index (χ4v) is 6.70. The monoisotopic (exact) mass is 616 g/mol. The minimum absolute atomic E-state index is 0.500. The molecule has 0 N–H and O–H groups in total. The maximum Gasteiger partial charge on any atom is 0.167 e. The summed E-state index contributed by atoms with van der Waals surface area (Å²) in [6, 6.07) is 46.9. The zero-order chi connectivity index (χ0) is 31.6.